The molecule has 1 saturated heterocycles. The van der Waals surface area contributed by atoms with Gasteiger partial charge in [0, 0.05) is 11.3 Å². The van der Waals surface area contributed by atoms with Crippen LogP contribution in [0.4, 0.5) is 5.95 Å². The first-order chi connectivity index (χ1) is 13.0. The number of nitrogens with zero attached hydrogens (tertiary/aromatic N) is 6. The minimum Gasteiger partial charge on any atom is -0.414 e. The van der Waals surface area contributed by atoms with Crippen LogP contribution in [0.25, 0.3) is 21.6 Å². The van der Waals surface area contributed by atoms with Crippen LogP contribution in [-0.2, 0) is 9.16 Å². The summed E-state index contributed by atoms with van der Waals surface area (Å²) in [6.45, 7) is 11.0. The maximum absolute atomic E-state index is 12.1. The Bertz CT molecular complexity index is 974. The molecule has 0 unspecified atom stereocenters. The number of ether oxygens (including phenoxy) is 1. The largest absolute Gasteiger partial charge is 0.414 e. The second kappa shape index (κ2) is 7.30. The molecule has 0 amide bonds. The van der Waals surface area contributed by atoms with Gasteiger partial charge in [-0.3, -0.25) is 9.36 Å². The second-order valence-corrected chi connectivity index (χ2v) is 13.2. The predicted molar refractivity (Wildman–Crippen MR) is 105 cm³/mol. The molecular weight excluding hydrogens is 382 g/mol. The van der Waals surface area contributed by atoms with Crippen molar-refractivity contribution in [2.45, 2.75) is 63.8 Å². The summed E-state index contributed by atoms with van der Waals surface area (Å²) in [5.41, 5.74) is 8.40. The van der Waals surface area contributed by atoms with Crippen molar-refractivity contribution in [3.05, 3.63) is 27.1 Å². The van der Waals surface area contributed by atoms with Crippen LogP contribution in [0.1, 0.15) is 33.4 Å². The summed E-state index contributed by atoms with van der Waals surface area (Å²) in [7, 11) is -1.97. The molecule has 1 aliphatic rings. The fourth-order valence-corrected chi connectivity index (χ4v) is 3.77. The van der Waals surface area contributed by atoms with E-state index in [2.05, 4.69) is 58.8 Å². The topological polar surface area (TPSA) is 151 Å². The Labute approximate surface area is 162 Å². The molecule has 2 aromatic rings. The molecule has 152 valence electrons. The number of H-pyrrole nitrogens is 1. The van der Waals surface area contributed by atoms with Crippen LogP contribution in [0.2, 0.25) is 18.1 Å². The van der Waals surface area contributed by atoms with Crippen molar-refractivity contribution in [1.82, 2.24) is 19.5 Å². The summed E-state index contributed by atoms with van der Waals surface area (Å²) in [6.07, 6.45) is -0.0222. The quantitative estimate of drug-likeness (QED) is 0.336. The fraction of sp³-hybridized carbons (Fsp3) is 0.688. The van der Waals surface area contributed by atoms with Crippen LogP contribution in [0.5, 0.6) is 0 Å². The summed E-state index contributed by atoms with van der Waals surface area (Å²) in [5, 5.41) is 13.8. The smallest absolute Gasteiger partial charge is 0.279 e. The monoisotopic (exact) mass is 407 g/mol. The van der Waals surface area contributed by atoms with Crippen LogP contribution in [0.3, 0.4) is 0 Å². The van der Waals surface area contributed by atoms with Gasteiger partial charge in [-0.05, 0) is 28.8 Å². The number of fused-ring (bicyclic) bond motifs is 1. The number of nitrogens with one attached hydrogen (secondary N) is 1. The van der Waals surface area contributed by atoms with E-state index in [1.807, 2.05) is 0 Å². The third-order valence-electron chi connectivity index (χ3n) is 5.49. The zero-order valence-electron chi connectivity index (χ0n) is 16.6. The van der Waals surface area contributed by atoms with Crippen LogP contribution in [-0.4, -0.2) is 51.8 Å². The van der Waals surface area contributed by atoms with Crippen LogP contribution < -0.4 is 5.56 Å². The molecule has 2 N–H and O–H groups in total. The number of azide groups is 1. The number of aliphatic hydroxyl groups is 1. The standard InChI is InChI=1S/C16H25N7O4Si/c1-16(2,3)28(4,5)26-7-10-9(24)6-11(27-10)23-8-18-12-13(23)19-15(21-22-17)20-14(12)25/h8-11,24H,6-7H2,1-5H3,(H,19,20,25)/t9-,10-,11-/m1/s1. The Balaban J connectivity index is 1.81. The SMILES string of the molecule is CC(C)(C)[Si](C)(C)OC[C@H]1O[C@@H](n2cnc3c(=O)[nH]c(N=[N+]=[N-])nc32)C[C@H]1O. The molecule has 0 spiro atoms. The van der Waals surface area contributed by atoms with Crippen molar-refractivity contribution in [3.63, 3.8) is 0 Å². The van der Waals surface area contributed by atoms with Gasteiger partial charge >= 0.3 is 0 Å². The van der Waals surface area contributed by atoms with Crippen LogP contribution in [0.15, 0.2) is 16.2 Å². The van der Waals surface area contributed by atoms with E-state index in [0.717, 1.165) is 0 Å². The molecule has 0 radical (unpaired) electrons. The molecule has 2 aromatic heterocycles. The Hall–Kier alpha value is -2.24. The summed E-state index contributed by atoms with van der Waals surface area (Å²) >= 11 is 0. The summed E-state index contributed by atoms with van der Waals surface area (Å²) in [5.74, 6) is -0.155. The van der Waals surface area contributed by atoms with Gasteiger partial charge in [0.05, 0.1) is 19.0 Å². The van der Waals surface area contributed by atoms with E-state index >= 15 is 0 Å². The maximum atomic E-state index is 12.1. The molecular formula is C16H25N7O4Si. The molecule has 3 rings (SSSR count). The first-order valence-electron chi connectivity index (χ1n) is 9.03. The lowest BCUT2D eigenvalue weighted by Crippen LogP contribution is -2.43. The average Bonchev–Trinajstić information content (AvgIpc) is 3.16. The molecule has 0 bridgehead atoms. The number of aromatic nitrogens is 4. The predicted octanol–water partition coefficient (Wildman–Crippen LogP) is 2.73. The van der Waals surface area contributed by atoms with Crippen molar-refractivity contribution in [3.8, 4) is 0 Å². The summed E-state index contributed by atoms with van der Waals surface area (Å²) in [6, 6.07) is 0. The number of aliphatic hydroxyl groups excluding tert-OH is 1. The first-order valence-corrected chi connectivity index (χ1v) is 11.9. The van der Waals surface area contributed by atoms with E-state index in [1.165, 1.54) is 6.33 Å². The van der Waals surface area contributed by atoms with Gasteiger partial charge in [-0.1, -0.05) is 20.8 Å². The summed E-state index contributed by atoms with van der Waals surface area (Å²) in [4.78, 5) is 25.3. The zero-order chi connectivity index (χ0) is 20.7. The molecule has 0 aromatic carbocycles. The molecule has 1 aliphatic heterocycles. The van der Waals surface area contributed by atoms with E-state index in [-0.39, 0.29) is 22.2 Å². The van der Waals surface area contributed by atoms with Gasteiger partial charge in [-0.25, -0.2) is 9.97 Å². The highest BCUT2D eigenvalue weighted by Gasteiger charge is 2.41. The molecule has 3 atom stereocenters. The van der Waals surface area contributed by atoms with Crippen LogP contribution in [0, 0.1) is 0 Å². The summed E-state index contributed by atoms with van der Waals surface area (Å²) < 4.78 is 13.7. The number of hydrogen-bond acceptors (Lipinski definition) is 7. The number of rotatable bonds is 5. The number of aromatic amines is 1. The van der Waals surface area contributed by atoms with Crippen LogP contribution >= 0.6 is 0 Å². The van der Waals surface area contributed by atoms with E-state index < -0.39 is 32.3 Å². The molecule has 11 nitrogen and oxygen atoms in total. The third kappa shape index (κ3) is 3.82. The highest BCUT2D eigenvalue weighted by atomic mass is 28.4. The highest BCUT2D eigenvalue weighted by molar-refractivity contribution is 6.74. The van der Waals surface area contributed by atoms with Crippen molar-refractivity contribution in [2.24, 2.45) is 5.11 Å². The lowest BCUT2D eigenvalue weighted by Gasteiger charge is -2.37. The van der Waals surface area contributed by atoms with Crippen molar-refractivity contribution >= 4 is 25.4 Å². The third-order valence-corrected chi connectivity index (χ3v) is 9.99. The lowest BCUT2D eigenvalue weighted by atomic mass is 10.2. The van der Waals surface area contributed by atoms with E-state index in [0.29, 0.717) is 13.0 Å². The molecule has 0 saturated carbocycles. The van der Waals surface area contributed by atoms with Crippen molar-refractivity contribution in [1.29, 1.82) is 0 Å². The molecule has 12 heteroatoms. The molecule has 3 heterocycles. The highest BCUT2D eigenvalue weighted by Crippen LogP contribution is 2.38. The van der Waals surface area contributed by atoms with E-state index in [9.17, 15) is 9.90 Å². The lowest BCUT2D eigenvalue weighted by molar-refractivity contribution is -0.0405. The first kappa shape index (κ1) is 20.5. The molecule has 28 heavy (non-hydrogen) atoms. The van der Waals surface area contributed by atoms with Gasteiger partial charge < -0.3 is 19.3 Å². The van der Waals surface area contributed by atoms with E-state index in [1.54, 1.807) is 4.57 Å². The minimum absolute atomic E-state index is 0.0547. The normalized spacial score (nSPS) is 23.1. The molecule has 1 fully saturated rings. The molecule has 0 aliphatic carbocycles. The minimum atomic E-state index is -1.97. The number of imidazole rings is 1. The second-order valence-electron chi connectivity index (χ2n) is 8.41. The zero-order valence-corrected chi connectivity index (χ0v) is 17.6. The Kier molecular flexibility index (Phi) is 5.34. The van der Waals surface area contributed by atoms with Gasteiger partial charge in [0.2, 0.25) is 0 Å². The Morgan fingerprint density at radius 1 is 1.54 bits per heavy atom. The Morgan fingerprint density at radius 2 is 2.25 bits per heavy atom. The van der Waals surface area contributed by atoms with Gasteiger partial charge in [0.25, 0.3) is 5.56 Å². The van der Waals surface area contributed by atoms with Crippen molar-refractivity contribution < 1.29 is 14.3 Å². The van der Waals surface area contributed by atoms with Gasteiger partial charge in [-0.15, -0.1) is 0 Å². The van der Waals surface area contributed by atoms with Crippen molar-refractivity contribution in [2.75, 3.05) is 6.61 Å². The Morgan fingerprint density at radius 3 is 2.89 bits per heavy atom. The van der Waals surface area contributed by atoms with Gasteiger partial charge in [0.1, 0.15) is 12.3 Å². The average molecular weight is 408 g/mol. The van der Waals surface area contributed by atoms with E-state index in [4.69, 9.17) is 14.7 Å². The fourth-order valence-electron chi connectivity index (χ4n) is 2.76. The maximum Gasteiger partial charge on any atom is 0.279 e. The number of hydrogen-bond donors (Lipinski definition) is 2. The van der Waals surface area contributed by atoms with Gasteiger partial charge in [-0.2, -0.15) is 0 Å². The van der Waals surface area contributed by atoms with Gasteiger partial charge in [0.15, 0.2) is 25.4 Å².